The van der Waals surface area contributed by atoms with E-state index in [-0.39, 0.29) is 27.4 Å². The lowest BCUT2D eigenvalue weighted by Crippen LogP contribution is -2.32. The quantitative estimate of drug-likeness (QED) is 0.385. The molecule has 160 valence electrons. The maximum atomic E-state index is 13.4. The summed E-state index contributed by atoms with van der Waals surface area (Å²) in [6.45, 7) is 3.86. The number of rotatable bonds is 6. The first kappa shape index (κ1) is 22.2. The second kappa shape index (κ2) is 8.73. The van der Waals surface area contributed by atoms with Gasteiger partial charge in [-0.2, -0.15) is 13.2 Å². The number of fused-ring (bicyclic) bond motifs is 1. The van der Waals surface area contributed by atoms with E-state index in [0.29, 0.717) is 16.9 Å². The van der Waals surface area contributed by atoms with Crippen molar-refractivity contribution in [1.29, 1.82) is 0 Å². The van der Waals surface area contributed by atoms with Gasteiger partial charge in [-0.25, -0.2) is 13.9 Å². The van der Waals surface area contributed by atoms with Crippen molar-refractivity contribution in [2.75, 3.05) is 0 Å². The number of nitrogens with zero attached hydrogens (tertiary/aromatic N) is 3. The zero-order chi connectivity index (χ0) is 22.1. The molecule has 3 rings (SSSR count). The Hall–Kier alpha value is -2.46. The highest BCUT2D eigenvalue weighted by molar-refractivity contribution is 7.16. The number of hydrogen-bond acceptors (Lipinski definition) is 4. The lowest BCUT2D eigenvalue weighted by atomic mass is 10.1. The number of benzene rings is 1. The molecule has 0 aliphatic carbocycles. The molecule has 0 aliphatic rings. The molecular weight excluding hydrogens is 444 g/mol. The zero-order valence-corrected chi connectivity index (χ0v) is 17.5. The number of carbonyl (C=O) groups is 1. The third kappa shape index (κ3) is 4.65. The van der Waals surface area contributed by atoms with Crippen molar-refractivity contribution in [2.45, 2.75) is 38.9 Å². The number of nitrogens with one attached hydrogen (secondary N) is 1. The van der Waals surface area contributed by atoms with Crippen LogP contribution in [0.4, 0.5) is 17.6 Å². The predicted molar refractivity (Wildman–Crippen MR) is 108 cm³/mol. The van der Waals surface area contributed by atoms with Gasteiger partial charge in [-0.3, -0.25) is 4.79 Å². The Morgan fingerprint density at radius 3 is 2.63 bits per heavy atom. The first-order chi connectivity index (χ1) is 14.1. The summed E-state index contributed by atoms with van der Waals surface area (Å²) in [5, 5.41) is 5.37. The molecule has 3 aromatic rings. The molecule has 0 saturated carbocycles. The first-order valence-corrected chi connectivity index (χ1v) is 10.2. The van der Waals surface area contributed by atoms with Crippen LogP contribution >= 0.6 is 22.9 Å². The Bertz CT molecular complexity index is 1100. The Kier molecular flexibility index (Phi) is 6.47. The summed E-state index contributed by atoms with van der Waals surface area (Å²) in [4.78, 5) is 16.4. The zero-order valence-electron chi connectivity index (χ0n) is 15.9. The van der Waals surface area contributed by atoms with Crippen molar-refractivity contribution in [3.63, 3.8) is 0 Å². The number of imidazole rings is 1. The Morgan fingerprint density at radius 2 is 2.03 bits per heavy atom. The fourth-order valence-electron chi connectivity index (χ4n) is 2.80. The minimum Gasteiger partial charge on any atom is -0.350 e. The Labute approximate surface area is 178 Å². The lowest BCUT2D eigenvalue weighted by molar-refractivity contribution is -0.138. The largest absolute Gasteiger partial charge is 0.445 e. The van der Waals surface area contributed by atoms with Crippen LogP contribution < -0.4 is 5.32 Å². The number of amides is 1. The third-order valence-corrected chi connectivity index (χ3v) is 5.66. The Balaban J connectivity index is 2.09. The van der Waals surface area contributed by atoms with Gasteiger partial charge in [0.05, 0.1) is 10.7 Å². The van der Waals surface area contributed by atoms with Gasteiger partial charge in [-0.1, -0.05) is 36.8 Å². The summed E-state index contributed by atoms with van der Waals surface area (Å²) in [5.74, 6) is -0.968. The van der Waals surface area contributed by atoms with Crippen LogP contribution in [0, 0.1) is 5.82 Å². The van der Waals surface area contributed by atoms with E-state index < -0.39 is 22.9 Å². The Morgan fingerprint density at radius 1 is 1.33 bits per heavy atom. The van der Waals surface area contributed by atoms with Gasteiger partial charge in [-0.15, -0.1) is 5.10 Å². The lowest BCUT2D eigenvalue weighted by Gasteiger charge is -2.12. The van der Waals surface area contributed by atoms with Crippen LogP contribution in [0.1, 0.15) is 37.4 Å². The van der Waals surface area contributed by atoms with E-state index in [2.05, 4.69) is 15.4 Å². The van der Waals surface area contributed by atoms with Gasteiger partial charge >= 0.3 is 6.18 Å². The highest BCUT2D eigenvalue weighted by atomic mass is 35.5. The van der Waals surface area contributed by atoms with Crippen LogP contribution in [0.5, 0.6) is 0 Å². The molecule has 1 aromatic carbocycles. The molecule has 1 N–H and O–H groups in total. The number of alkyl halides is 3. The highest BCUT2D eigenvalue weighted by Crippen LogP contribution is 2.37. The van der Waals surface area contributed by atoms with Gasteiger partial charge in [0.2, 0.25) is 15.9 Å². The van der Waals surface area contributed by atoms with Crippen LogP contribution in [-0.2, 0) is 11.0 Å². The van der Waals surface area contributed by atoms with Crippen molar-refractivity contribution in [2.24, 2.45) is 0 Å². The molecule has 0 radical (unpaired) electrons. The minimum absolute atomic E-state index is 0.0188. The molecule has 0 aliphatic heterocycles. The molecule has 1 amide bonds. The smallest absolute Gasteiger partial charge is 0.350 e. The van der Waals surface area contributed by atoms with Crippen LogP contribution in [0.3, 0.4) is 0 Å². The number of hydrogen-bond donors (Lipinski definition) is 1. The monoisotopic (exact) mass is 460 g/mol. The minimum atomic E-state index is -4.63. The van der Waals surface area contributed by atoms with Crippen molar-refractivity contribution >= 4 is 39.9 Å². The number of halogens is 5. The van der Waals surface area contributed by atoms with E-state index >= 15 is 0 Å². The van der Waals surface area contributed by atoms with Crippen molar-refractivity contribution < 1.29 is 22.4 Å². The topological polar surface area (TPSA) is 59.3 Å². The van der Waals surface area contributed by atoms with Crippen LogP contribution in [0.2, 0.25) is 5.02 Å². The van der Waals surface area contributed by atoms with E-state index in [0.717, 1.165) is 29.5 Å². The van der Waals surface area contributed by atoms with E-state index in [9.17, 15) is 22.4 Å². The second-order valence-corrected chi connectivity index (χ2v) is 7.79. The summed E-state index contributed by atoms with van der Waals surface area (Å²) in [6.07, 6.45) is -0.621. The summed E-state index contributed by atoms with van der Waals surface area (Å²) in [6, 6.07) is 3.59. The van der Waals surface area contributed by atoms with Crippen LogP contribution in [-0.4, -0.2) is 26.5 Å². The van der Waals surface area contributed by atoms with E-state index in [1.54, 1.807) is 0 Å². The molecule has 0 fully saturated rings. The SMILES string of the molecule is CCC(CC)NC(=O)C=Cc1c(-c2ccc(F)cc2Cl)nc2sc(C(F)(F)F)nn12. The van der Waals surface area contributed by atoms with Gasteiger partial charge in [0.1, 0.15) is 11.5 Å². The van der Waals surface area contributed by atoms with E-state index in [4.69, 9.17) is 11.6 Å². The van der Waals surface area contributed by atoms with Gasteiger partial charge in [0.15, 0.2) is 0 Å². The fourth-order valence-corrected chi connectivity index (χ4v) is 3.84. The summed E-state index contributed by atoms with van der Waals surface area (Å²) in [5.41, 5.74) is 0.633. The molecule has 0 unspecified atom stereocenters. The molecule has 0 spiro atoms. The molecule has 0 bridgehead atoms. The van der Waals surface area contributed by atoms with Gasteiger partial charge in [-0.05, 0) is 37.1 Å². The van der Waals surface area contributed by atoms with Crippen molar-refractivity contribution in [1.82, 2.24) is 19.9 Å². The average molecular weight is 461 g/mol. The number of aromatic nitrogens is 3. The van der Waals surface area contributed by atoms with Gasteiger partial charge < -0.3 is 5.32 Å². The van der Waals surface area contributed by atoms with Gasteiger partial charge in [0, 0.05) is 17.7 Å². The fraction of sp³-hybridized carbons (Fsp3) is 0.316. The maximum absolute atomic E-state index is 13.4. The second-order valence-electron chi connectivity index (χ2n) is 6.42. The van der Waals surface area contributed by atoms with Crippen LogP contribution in [0.15, 0.2) is 24.3 Å². The van der Waals surface area contributed by atoms with Crippen molar-refractivity contribution in [3.8, 4) is 11.3 Å². The number of carbonyl (C=O) groups excluding carboxylic acids is 1. The standard InChI is InChI=1S/C19H17ClF4N4OS/c1-3-11(4-2)25-15(29)8-7-14-16(12-6-5-10(21)9-13(12)20)26-18-28(14)27-17(30-18)19(22,23)24/h5-9,11H,3-4H2,1-2H3,(H,25,29). The maximum Gasteiger partial charge on any atom is 0.445 e. The molecule has 2 aromatic heterocycles. The van der Waals surface area contributed by atoms with E-state index in [1.165, 1.54) is 18.2 Å². The van der Waals surface area contributed by atoms with E-state index in [1.807, 2.05) is 13.8 Å². The third-order valence-electron chi connectivity index (χ3n) is 4.39. The summed E-state index contributed by atoms with van der Waals surface area (Å²) >= 11 is 6.47. The van der Waals surface area contributed by atoms with Gasteiger partial charge in [0.25, 0.3) is 0 Å². The first-order valence-electron chi connectivity index (χ1n) is 9.04. The normalized spacial score (nSPS) is 12.4. The molecule has 11 heteroatoms. The van der Waals surface area contributed by atoms with Crippen LogP contribution in [0.25, 0.3) is 22.3 Å². The average Bonchev–Trinajstić information content (AvgIpc) is 3.23. The molecule has 0 atom stereocenters. The molecule has 30 heavy (non-hydrogen) atoms. The molecular formula is C19H17ClF4N4OS. The highest BCUT2D eigenvalue weighted by Gasteiger charge is 2.36. The summed E-state index contributed by atoms with van der Waals surface area (Å²) in [7, 11) is 0. The molecule has 5 nitrogen and oxygen atoms in total. The predicted octanol–water partition coefficient (Wildman–Crippen LogP) is 5.59. The molecule has 2 heterocycles. The molecule has 0 saturated heterocycles. The van der Waals surface area contributed by atoms with Crippen molar-refractivity contribution in [3.05, 3.63) is 45.8 Å². The summed E-state index contributed by atoms with van der Waals surface area (Å²) < 4.78 is 53.6.